The van der Waals surface area contributed by atoms with Crippen molar-refractivity contribution in [3.05, 3.63) is 71.8 Å². The molecule has 0 aliphatic carbocycles. The maximum atomic E-state index is 14.3. The quantitative estimate of drug-likeness (QED) is 0.607. The molecule has 0 radical (unpaired) electrons. The predicted octanol–water partition coefficient (Wildman–Crippen LogP) is 5.41. The highest BCUT2D eigenvalue weighted by Gasteiger charge is 2.25. The predicted molar refractivity (Wildman–Crippen MR) is 100 cm³/mol. The molecule has 0 N–H and O–H groups in total. The number of allylic oxidation sites excluding steroid dienone is 1. The summed E-state index contributed by atoms with van der Waals surface area (Å²) < 4.78 is 45.3. The minimum absolute atomic E-state index is 0.0750. The molecule has 1 aliphatic heterocycles. The third-order valence-electron chi connectivity index (χ3n) is 4.70. The van der Waals surface area contributed by atoms with Crippen molar-refractivity contribution in [2.24, 2.45) is 5.92 Å². The van der Waals surface area contributed by atoms with Crippen molar-refractivity contribution in [2.75, 3.05) is 20.3 Å². The van der Waals surface area contributed by atoms with E-state index in [1.165, 1.54) is 19.2 Å². The summed E-state index contributed by atoms with van der Waals surface area (Å²) in [6, 6.07) is 10.0. The van der Waals surface area contributed by atoms with Crippen LogP contribution in [0.15, 0.2) is 49.1 Å². The molecule has 0 amide bonds. The maximum Gasteiger partial charge on any atom is 0.184 e. The number of methoxy groups -OCH3 is 1. The number of halogens is 2. The normalized spacial score (nSPS) is 19.8. The second kappa shape index (κ2) is 9.22. The first-order chi connectivity index (χ1) is 13.1. The van der Waals surface area contributed by atoms with E-state index in [9.17, 15) is 8.78 Å². The van der Waals surface area contributed by atoms with Crippen molar-refractivity contribution in [3.63, 3.8) is 0 Å². The van der Waals surface area contributed by atoms with Crippen molar-refractivity contribution in [1.82, 2.24) is 0 Å². The van der Waals surface area contributed by atoms with Crippen LogP contribution in [-0.4, -0.2) is 20.3 Å². The van der Waals surface area contributed by atoms with Gasteiger partial charge in [0, 0.05) is 24.2 Å². The number of rotatable bonds is 7. The van der Waals surface area contributed by atoms with Crippen LogP contribution in [0.5, 0.6) is 0 Å². The lowest BCUT2D eigenvalue weighted by Gasteiger charge is -2.30. The summed E-state index contributed by atoms with van der Waals surface area (Å²) in [5, 5.41) is 0. The standard InChI is InChI=1S/C22H24F2O3/c1-3-4-7-15-12-26-22(27-13-15)18-9-6-5-8-17(18)16-10-20(23)19(14-25-2)21(24)11-16/h3,5-6,8-11,15,22H,1,4,7,12-14H2,2H3. The Morgan fingerprint density at radius 3 is 2.44 bits per heavy atom. The SMILES string of the molecule is C=CCCC1COC(c2ccccc2-c2cc(F)c(COC)c(F)c2)OC1. The van der Waals surface area contributed by atoms with Crippen molar-refractivity contribution in [1.29, 1.82) is 0 Å². The third kappa shape index (κ3) is 4.61. The fourth-order valence-electron chi connectivity index (χ4n) is 3.25. The second-order valence-electron chi connectivity index (χ2n) is 6.67. The van der Waals surface area contributed by atoms with Gasteiger partial charge in [0.05, 0.1) is 19.8 Å². The zero-order valence-corrected chi connectivity index (χ0v) is 15.4. The zero-order valence-electron chi connectivity index (χ0n) is 15.4. The maximum absolute atomic E-state index is 14.3. The summed E-state index contributed by atoms with van der Waals surface area (Å²) in [7, 11) is 1.40. The molecule has 0 aromatic heterocycles. The van der Waals surface area contributed by atoms with Crippen LogP contribution in [0.1, 0.15) is 30.3 Å². The highest BCUT2D eigenvalue weighted by atomic mass is 19.1. The molecule has 5 heteroatoms. The zero-order chi connectivity index (χ0) is 19.2. The van der Waals surface area contributed by atoms with Gasteiger partial charge in [-0.05, 0) is 36.1 Å². The van der Waals surface area contributed by atoms with Crippen molar-refractivity contribution >= 4 is 0 Å². The molecule has 0 saturated carbocycles. The van der Waals surface area contributed by atoms with Crippen LogP contribution in [0.25, 0.3) is 11.1 Å². The molecule has 0 atom stereocenters. The van der Waals surface area contributed by atoms with Crippen LogP contribution in [0.2, 0.25) is 0 Å². The second-order valence-corrected chi connectivity index (χ2v) is 6.67. The van der Waals surface area contributed by atoms with Gasteiger partial charge >= 0.3 is 0 Å². The Balaban J connectivity index is 1.84. The van der Waals surface area contributed by atoms with Crippen molar-refractivity contribution in [3.8, 4) is 11.1 Å². The Morgan fingerprint density at radius 1 is 1.15 bits per heavy atom. The molecular formula is C22H24F2O3. The highest BCUT2D eigenvalue weighted by Crippen LogP contribution is 2.35. The van der Waals surface area contributed by atoms with Crippen molar-refractivity contribution < 1.29 is 23.0 Å². The summed E-state index contributed by atoms with van der Waals surface area (Å²) in [6.07, 6.45) is 3.23. The van der Waals surface area contributed by atoms with E-state index in [-0.39, 0.29) is 12.2 Å². The molecular weight excluding hydrogens is 350 g/mol. The van der Waals surface area contributed by atoms with E-state index in [0.29, 0.717) is 30.3 Å². The number of benzene rings is 2. The minimum Gasteiger partial charge on any atom is -0.380 e. The van der Waals surface area contributed by atoms with Crippen LogP contribution in [-0.2, 0) is 20.8 Å². The fraction of sp³-hybridized carbons (Fsp3) is 0.364. The molecule has 3 rings (SSSR count). The lowest BCUT2D eigenvalue weighted by molar-refractivity contribution is -0.205. The molecule has 0 bridgehead atoms. The Hall–Kier alpha value is -2.08. The van der Waals surface area contributed by atoms with Gasteiger partial charge in [-0.2, -0.15) is 0 Å². The molecule has 1 saturated heterocycles. The molecule has 0 spiro atoms. The summed E-state index contributed by atoms with van der Waals surface area (Å²) in [5.41, 5.74) is 1.82. The Bertz CT molecular complexity index is 760. The average molecular weight is 374 g/mol. The number of hydrogen-bond donors (Lipinski definition) is 0. The Morgan fingerprint density at radius 2 is 1.81 bits per heavy atom. The van der Waals surface area contributed by atoms with Crippen molar-refractivity contribution in [2.45, 2.75) is 25.7 Å². The van der Waals surface area contributed by atoms with Gasteiger partial charge in [0.2, 0.25) is 0 Å². The van der Waals surface area contributed by atoms with Crippen LogP contribution in [0, 0.1) is 17.6 Å². The number of ether oxygens (including phenoxy) is 3. The lowest BCUT2D eigenvalue weighted by Crippen LogP contribution is -2.27. The van der Waals surface area contributed by atoms with E-state index in [0.717, 1.165) is 18.4 Å². The summed E-state index contributed by atoms with van der Waals surface area (Å²) in [4.78, 5) is 0. The molecule has 144 valence electrons. The first kappa shape index (κ1) is 19.7. The smallest absolute Gasteiger partial charge is 0.184 e. The number of hydrogen-bond acceptors (Lipinski definition) is 3. The van der Waals surface area contributed by atoms with Gasteiger partial charge in [-0.15, -0.1) is 6.58 Å². The molecule has 3 nitrogen and oxygen atoms in total. The van der Waals surface area contributed by atoms with Crippen LogP contribution >= 0.6 is 0 Å². The average Bonchev–Trinajstić information content (AvgIpc) is 2.69. The lowest BCUT2D eigenvalue weighted by atomic mass is 9.97. The molecule has 1 fully saturated rings. The fourth-order valence-corrected chi connectivity index (χ4v) is 3.25. The van der Waals surface area contributed by atoms with E-state index in [2.05, 4.69) is 6.58 Å². The highest BCUT2D eigenvalue weighted by molar-refractivity contribution is 5.68. The van der Waals surface area contributed by atoms with E-state index in [1.807, 2.05) is 30.3 Å². The van der Waals surface area contributed by atoms with Gasteiger partial charge in [-0.3, -0.25) is 0 Å². The summed E-state index contributed by atoms with van der Waals surface area (Å²) in [5.74, 6) is -0.928. The van der Waals surface area contributed by atoms with E-state index < -0.39 is 17.9 Å². The van der Waals surface area contributed by atoms with Gasteiger partial charge in [0.25, 0.3) is 0 Å². The largest absolute Gasteiger partial charge is 0.380 e. The van der Waals surface area contributed by atoms with Gasteiger partial charge < -0.3 is 14.2 Å². The molecule has 0 unspecified atom stereocenters. The Labute approximate surface area is 158 Å². The van der Waals surface area contributed by atoms with Gasteiger partial charge in [-0.1, -0.05) is 30.3 Å². The van der Waals surface area contributed by atoms with Crippen LogP contribution in [0.4, 0.5) is 8.78 Å². The third-order valence-corrected chi connectivity index (χ3v) is 4.70. The summed E-state index contributed by atoms with van der Waals surface area (Å²) >= 11 is 0. The molecule has 1 aliphatic rings. The van der Waals surface area contributed by atoms with Gasteiger partial charge in [-0.25, -0.2) is 8.78 Å². The molecule has 2 aromatic carbocycles. The van der Waals surface area contributed by atoms with Crippen LogP contribution in [0.3, 0.4) is 0 Å². The first-order valence-electron chi connectivity index (χ1n) is 9.04. The van der Waals surface area contributed by atoms with Crippen LogP contribution < -0.4 is 0 Å². The summed E-state index contributed by atoms with van der Waals surface area (Å²) in [6.45, 7) is 4.79. The molecule has 2 aromatic rings. The molecule has 1 heterocycles. The topological polar surface area (TPSA) is 27.7 Å². The van der Waals surface area contributed by atoms with E-state index in [1.54, 1.807) is 0 Å². The first-order valence-corrected chi connectivity index (χ1v) is 9.04. The van der Waals surface area contributed by atoms with E-state index in [4.69, 9.17) is 14.2 Å². The Kier molecular flexibility index (Phi) is 6.72. The monoisotopic (exact) mass is 374 g/mol. The van der Waals surface area contributed by atoms with E-state index >= 15 is 0 Å². The molecule has 27 heavy (non-hydrogen) atoms. The minimum atomic E-state index is -0.628. The van der Waals surface area contributed by atoms with Gasteiger partial charge in [0.15, 0.2) is 6.29 Å². The van der Waals surface area contributed by atoms with Gasteiger partial charge in [0.1, 0.15) is 11.6 Å².